The minimum Gasteiger partial charge on any atom is -0.370 e. The highest BCUT2D eigenvalue weighted by Crippen LogP contribution is 2.20. The van der Waals surface area contributed by atoms with Gasteiger partial charge in [0.2, 0.25) is 5.95 Å². The third-order valence-electron chi connectivity index (χ3n) is 3.59. The fourth-order valence-corrected chi connectivity index (χ4v) is 2.41. The molecule has 4 nitrogen and oxygen atoms in total. The fourth-order valence-electron chi connectivity index (χ4n) is 2.41. The van der Waals surface area contributed by atoms with Gasteiger partial charge in [-0.05, 0) is 31.0 Å². The maximum Gasteiger partial charge on any atom is 0.229 e. The lowest BCUT2D eigenvalue weighted by Gasteiger charge is -2.10. The molecule has 3 aromatic rings. The van der Waals surface area contributed by atoms with Crippen LogP contribution in [0, 0.1) is 18.6 Å². The number of benzene rings is 2. The lowest BCUT2D eigenvalue weighted by Crippen LogP contribution is -2.09. The number of anilines is 3. The molecule has 0 unspecified atom stereocenters. The van der Waals surface area contributed by atoms with E-state index in [-0.39, 0.29) is 11.6 Å². The van der Waals surface area contributed by atoms with E-state index in [9.17, 15) is 8.78 Å². The second kappa shape index (κ2) is 7.70. The van der Waals surface area contributed by atoms with Crippen molar-refractivity contribution in [3.8, 4) is 0 Å². The van der Waals surface area contributed by atoms with Gasteiger partial charge < -0.3 is 10.6 Å². The van der Waals surface area contributed by atoms with Gasteiger partial charge in [-0.15, -0.1) is 0 Å². The van der Waals surface area contributed by atoms with Gasteiger partial charge in [-0.3, -0.25) is 0 Å². The molecule has 1 aromatic heterocycles. The van der Waals surface area contributed by atoms with Crippen molar-refractivity contribution in [2.45, 2.75) is 13.3 Å². The monoisotopic (exact) mass is 340 g/mol. The Morgan fingerprint density at radius 1 is 0.960 bits per heavy atom. The average Bonchev–Trinajstić information content (AvgIpc) is 2.58. The molecule has 0 aliphatic carbocycles. The number of aromatic nitrogens is 2. The topological polar surface area (TPSA) is 49.8 Å². The number of halogens is 2. The number of hydrogen-bond donors (Lipinski definition) is 2. The smallest absolute Gasteiger partial charge is 0.229 e. The first kappa shape index (κ1) is 16.8. The molecular weight excluding hydrogens is 322 g/mol. The molecule has 0 aliphatic heterocycles. The van der Waals surface area contributed by atoms with Crippen molar-refractivity contribution in [3.63, 3.8) is 0 Å². The average molecular weight is 340 g/mol. The van der Waals surface area contributed by atoms with Crippen LogP contribution in [-0.4, -0.2) is 16.5 Å². The third-order valence-corrected chi connectivity index (χ3v) is 3.59. The normalized spacial score (nSPS) is 10.5. The molecule has 128 valence electrons. The SMILES string of the molecule is Cc1cc(NCCc2ccccc2)nc(Nc2ccc(F)cc2F)n1. The van der Waals surface area contributed by atoms with Crippen molar-refractivity contribution >= 4 is 17.5 Å². The Labute approximate surface area is 145 Å². The Morgan fingerprint density at radius 3 is 2.52 bits per heavy atom. The second-order valence-corrected chi connectivity index (χ2v) is 5.63. The molecule has 2 N–H and O–H groups in total. The fraction of sp³-hybridized carbons (Fsp3) is 0.158. The maximum absolute atomic E-state index is 13.8. The molecule has 0 amide bonds. The largest absolute Gasteiger partial charge is 0.370 e. The molecule has 0 saturated heterocycles. The van der Waals surface area contributed by atoms with Gasteiger partial charge in [0.15, 0.2) is 0 Å². The highest BCUT2D eigenvalue weighted by molar-refractivity contribution is 5.56. The number of nitrogens with one attached hydrogen (secondary N) is 2. The van der Waals surface area contributed by atoms with Crippen LogP contribution in [0.1, 0.15) is 11.3 Å². The first-order valence-electron chi connectivity index (χ1n) is 7.96. The molecular formula is C19H18F2N4. The van der Waals surface area contributed by atoms with Crippen LogP contribution < -0.4 is 10.6 Å². The van der Waals surface area contributed by atoms with Crippen molar-refractivity contribution in [3.05, 3.63) is 77.5 Å². The van der Waals surface area contributed by atoms with E-state index >= 15 is 0 Å². The van der Waals surface area contributed by atoms with Crippen molar-refractivity contribution in [1.29, 1.82) is 0 Å². The zero-order valence-electron chi connectivity index (χ0n) is 13.8. The lowest BCUT2D eigenvalue weighted by atomic mass is 10.1. The van der Waals surface area contributed by atoms with Crippen LogP contribution >= 0.6 is 0 Å². The van der Waals surface area contributed by atoms with Crippen LogP contribution in [0.15, 0.2) is 54.6 Å². The van der Waals surface area contributed by atoms with E-state index in [0.29, 0.717) is 12.4 Å². The Balaban J connectivity index is 1.67. The van der Waals surface area contributed by atoms with Crippen LogP contribution in [0.25, 0.3) is 0 Å². The van der Waals surface area contributed by atoms with E-state index in [2.05, 4.69) is 32.7 Å². The predicted molar refractivity (Wildman–Crippen MR) is 95.0 cm³/mol. The van der Waals surface area contributed by atoms with Gasteiger partial charge in [0.25, 0.3) is 0 Å². The van der Waals surface area contributed by atoms with Gasteiger partial charge in [0, 0.05) is 24.4 Å². The molecule has 6 heteroatoms. The van der Waals surface area contributed by atoms with Crippen LogP contribution in [-0.2, 0) is 6.42 Å². The third kappa shape index (κ3) is 4.73. The summed E-state index contributed by atoms with van der Waals surface area (Å²) in [6.45, 7) is 2.54. The summed E-state index contributed by atoms with van der Waals surface area (Å²) in [7, 11) is 0. The quantitative estimate of drug-likeness (QED) is 0.695. The van der Waals surface area contributed by atoms with Gasteiger partial charge in [-0.1, -0.05) is 30.3 Å². The molecule has 0 saturated carbocycles. The standard InChI is InChI=1S/C19H18F2N4/c1-13-11-18(22-10-9-14-5-3-2-4-6-14)25-19(23-13)24-17-8-7-15(20)12-16(17)21/h2-8,11-12H,9-10H2,1H3,(H2,22,23,24,25). The summed E-state index contributed by atoms with van der Waals surface area (Å²) in [6, 6.07) is 15.3. The number of hydrogen-bond acceptors (Lipinski definition) is 4. The number of aryl methyl sites for hydroxylation is 1. The van der Waals surface area contributed by atoms with Crippen LogP contribution in [0.5, 0.6) is 0 Å². The molecule has 25 heavy (non-hydrogen) atoms. The Morgan fingerprint density at radius 2 is 1.76 bits per heavy atom. The summed E-state index contributed by atoms with van der Waals surface area (Å²) in [5.74, 6) is -0.415. The molecule has 0 aliphatic rings. The minimum atomic E-state index is -0.691. The molecule has 1 heterocycles. The van der Waals surface area contributed by atoms with Crippen LogP contribution in [0.3, 0.4) is 0 Å². The van der Waals surface area contributed by atoms with Crippen molar-refractivity contribution in [1.82, 2.24) is 9.97 Å². The first-order valence-corrected chi connectivity index (χ1v) is 7.96. The molecule has 0 fully saturated rings. The molecule has 0 bridgehead atoms. The summed E-state index contributed by atoms with van der Waals surface area (Å²) in [4.78, 5) is 8.57. The highest BCUT2D eigenvalue weighted by atomic mass is 19.1. The van der Waals surface area contributed by atoms with E-state index in [1.807, 2.05) is 31.2 Å². The zero-order chi connectivity index (χ0) is 17.6. The van der Waals surface area contributed by atoms with Gasteiger partial charge in [0.1, 0.15) is 17.5 Å². The van der Waals surface area contributed by atoms with Gasteiger partial charge in [-0.25, -0.2) is 13.8 Å². The van der Waals surface area contributed by atoms with Crippen LogP contribution in [0.2, 0.25) is 0 Å². The Bertz CT molecular complexity index is 853. The predicted octanol–water partition coefficient (Wildman–Crippen LogP) is 4.46. The molecule has 0 radical (unpaired) electrons. The summed E-state index contributed by atoms with van der Waals surface area (Å²) in [5, 5.41) is 6.02. The Kier molecular flexibility index (Phi) is 5.18. The summed E-state index contributed by atoms with van der Waals surface area (Å²) >= 11 is 0. The second-order valence-electron chi connectivity index (χ2n) is 5.63. The van der Waals surface area contributed by atoms with Crippen molar-refractivity contribution < 1.29 is 8.78 Å². The van der Waals surface area contributed by atoms with Gasteiger partial charge in [0.05, 0.1) is 5.69 Å². The van der Waals surface area contributed by atoms with E-state index in [1.165, 1.54) is 17.7 Å². The van der Waals surface area contributed by atoms with Crippen molar-refractivity contribution in [2.24, 2.45) is 0 Å². The zero-order valence-corrected chi connectivity index (χ0v) is 13.8. The molecule has 2 aromatic carbocycles. The first-order chi connectivity index (χ1) is 12.1. The molecule has 0 atom stereocenters. The highest BCUT2D eigenvalue weighted by Gasteiger charge is 2.07. The number of nitrogens with zero attached hydrogens (tertiary/aromatic N) is 2. The van der Waals surface area contributed by atoms with Crippen LogP contribution in [0.4, 0.5) is 26.2 Å². The molecule has 3 rings (SSSR count). The van der Waals surface area contributed by atoms with E-state index in [1.54, 1.807) is 0 Å². The minimum absolute atomic E-state index is 0.127. The van der Waals surface area contributed by atoms with E-state index in [0.717, 1.165) is 18.2 Å². The number of rotatable bonds is 6. The van der Waals surface area contributed by atoms with E-state index in [4.69, 9.17) is 0 Å². The van der Waals surface area contributed by atoms with Crippen molar-refractivity contribution in [2.75, 3.05) is 17.2 Å². The van der Waals surface area contributed by atoms with Gasteiger partial charge in [-0.2, -0.15) is 4.98 Å². The summed E-state index contributed by atoms with van der Waals surface area (Å²) in [5.41, 5.74) is 2.09. The molecule has 0 spiro atoms. The lowest BCUT2D eigenvalue weighted by molar-refractivity contribution is 0.586. The summed E-state index contributed by atoms with van der Waals surface area (Å²) in [6.07, 6.45) is 0.860. The maximum atomic E-state index is 13.8. The van der Waals surface area contributed by atoms with E-state index < -0.39 is 11.6 Å². The Hall–Kier alpha value is -3.02. The summed E-state index contributed by atoms with van der Waals surface area (Å²) < 4.78 is 26.7. The van der Waals surface area contributed by atoms with Gasteiger partial charge >= 0.3 is 0 Å².